The molecule has 0 saturated heterocycles. The van der Waals surface area contributed by atoms with Crippen LogP contribution in [0.1, 0.15) is 41.5 Å². The Balaban J connectivity index is 4.25. The second-order valence-corrected chi connectivity index (χ2v) is 39.6. The van der Waals surface area contributed by atoms with Gasteiger partial charge < -0.3 is 7.74 Å². The second-order valence-electron chi connectivity index (χ2n) is 13.7. The highest BCUT2D eigenvalue weighted by Gasteiger charge is 2.62. The molecule has 1 rings (SSSR count). The van der Waals surface area contributed by atoms with Gasteiger partial charge in [0.05, 0.1) is 7.64 Å². The molecule has 0 aromatic heterocycles. The lowest BCUT2D eigenvalue weighted by molar-refractivity contribution is 0.562. The minimum absolute atomic E-state index is 0.113. The van der Waals surface area contributed by atoms with Crippen molar-refractivity contribution in [2.75, 3.05) is 0 Å². The molecule has 0 amide bonds. The van der Waals surface area contributed by atoms with E-state index in [0.29, 0.717) is 7.64 Å². The van der Waals surface area contributed by atoms with E-state index in [2.05, 4.69) is 107 Å². The molecule has 30 heavy (non-hydrogen) atoms. The van der Waals surface area contributed by atoms with Gasteiger partial charge in [-0.2, -0.15) is 0 Å². The zero-order chi connectivity index (χ0) is 24.6. The van der Waals surface area contributed by atoms with E-state index in [1.807, 2.05) is 0 Å². The molecule has 4 nitrogen and oxygen atoms in total. The van der Waals surface area contributed by atoms with Gasteiger partial charge in [-0.1, -0.05) is 67.7 Å². The fourth-order valence-corrected chi connectivity index (χ4v) is 34.3. The fourth-order valence-electron chi connectivity index (χ4n) is 3.23. The molecular formula is C20H48O4S2Si4. The summed E-state index contributed by atoms with van der Waals surface area (Å²) < 4.78 is 44.4. The van der Waals surface area contributed by atoms with Crippen LogP contribution in [-0.4, -0.2) is 48.8 Å². The molecule has 1 heterocycles. The summed E-state index contributed by atoms with van der Waals surface area (Å²) in [6.45, 7) is 34.3. The summed E-state index contributed by atoms with van der Waals surface area (Å²) in [5.41, 5.74) is 0. The normalized spacial score (nSPS) is 27.3. The predicted octanol–water partition coefficient (Wildman–Crippen LogP) is 6.46. The third-order valence-electron chi connectivity index (χ3n) is 6.48. The molecule has 10 heteroatoms. The molecule has 1 aliphatic heterocycles. The molecule has 180 valence electrons. The summed E-state index contributed by atoms with van der Waals surface area (Å²) in [6, 6.07) is 0. The monoisotopic (exact) mass is 528 g/mol. The SMILES string of the molecule is CC(C)(C)[Si](C)(C)C1=S(=O)(O[Si](C)(C)C)C([Si](C)(C)C(C)(C)C)=S1(=O)O[Si](C)(C)C. The van der Waals surface area contributed by atoms with Crippen LogP contribution < -0.4 is 0 Å². The molecule has 0 radical (unpaired) electrons. The summed E-state index contributed by atoms with van der Waals surface area (Å²) >= 11 is 0. The standard InChI is InChI=1S/C20H48O4S2Si4/c1-19(2,3)29(13,14)17-25(21,23-27(7,8)9)18(30(15,16)20(4,5)6)26(17,22)24-28(10,11)12/h1-16H3. The third-order valence-corrected chi connectivity index (χ3v) is 35.8. The van der Waals surface area contributed by atoms with Gasteiger partial charge in [0, 0.05) is 0 Å². The molecule has 0 aromatic rings. The molecule has 0 atom stereocenters. The third kappa shape index (κ3) is 5.00. The van der Waals surface area contributed by atoms with E-state index in [4.69, 9.17) is 7.74 Å². The average Bonchev–Trinajstić information content (AvgIpc) is 2.27. The van der Waals surface area contributed by atoms with Crippen molar-refractivity contribution in [2.45, 2.75) is 117 Å². The van der Waals surface area contributed by atoms with Gasteiger partial charge in [-0.05, 0) is 49.4 Å². The maximum Gasteiger partial charge on any atom is 0.205 e. The molecular weight excluding hydrogens is 481 g/mol. The zero-order valence-electron chi connectivity index (χ0n) is 22.4. The van der Waals surface area contributed by atoms with Gasteiger partial charge in [-0.3, -0.25) is 0 Å². The van der Waals surface area contributed by atoms with Crippen molar-refractivity contribution in [2.24, 2.45) is 0 Å². The zero-order valence-corrected chi connectivity index (χ0v) is 28.1. The van der Waals surface area contributed by atoms with Gasteiger partial charge in [-0.15, -0.1) is 0 Å². The van der Waals surface area contributed by atoms with Crippen LogP contribution in [0.5, 0.6) is 0 Å². The molecule has 0 aliphatic carbocycles. The Kier molecular flexibility index (Phi) is 7.38. The van der Waals surface area contributed by atoms with Gasteiger partial charge in [0.1, 0.15) is 35.8 Å². The number of hydrogen-bond acceptors (Lipinski definition) is 4. The first-order valence-electron chi connectivity index (χ1n) is 10.9. The van der Waals surface area contributed by atoms with E-state index >= 15 is 0 Å². The highest BCUT2D eigenvalue weighted by molar-refractivity contribution is 8.53. The van der Waals surface area contributed by atoms with E-state index in [-0.39, 0.29) is 10.1 Å². The molecule has 0 fully saturated rings. The predicted molar refractivity (Wildman–Crippen MR) is 150 cm³/mol. The highest BCUT2D eigenvalue weighted by Crippen LogP contribution is 2.49. The lowest BCUT2D eigenvalue weighted by Crippen LogP contribution is -2.69. The molecule has 0 unspecified atom stereocenters. The van der Waals surface area contributed by atoms with Crippen molar-refractivity contribution in [1.29, 1.82) is 0 Å². The van der Waals surface area contributed by atoms with Crippen LogP contribution in [0.4, 0.5) is 0 Å². The largest absolute Gasteiger partial charge is 0.339 e. The summed E-state index contributed by atoms with van der Waals surface area (Å²) in [5, 5.41) is -0.226. The lowest BCUT2D eigenvalue weighted by atomic mass is 10.2. The Morgan fingerprint density at radius 1 is 0.533 bits per heavy atom. The minimum atomic E-state index is -2.95. The van der Waals surface area contributed by atoms with E-state index < -0.39 is 52.4 Å². The first kappa shape index (κ1) is 28.9. The summed E-state index contributed by atoms with van der Waals surface area (Å²) in [5.74, 6) is 0. The number of rotatable bonds is 6. The van der Waals surface area contributed by atoms with Crippen LogP contribution in [-0.2, 0) is 27.3 Å². The molecule has 0 N–H and O–H groups in total. The van der Waals surface area contributed by atoms with Crippen molar-refractivity contribution >= 4 is 60.0 Å². The van der Waals surface area contributed by atoms with Crippen LogP contribution in [0, 0.1) is 0 Å². The molecule has 0 bridgehead atoms. The Bertz CT molecular complexity index is 837. The smallest absolute Gasteiger partial charge is 0.205 e. The van der Waals surface area contributed by atoms with Crippen LogP contribution in [0.15, 0.2) is 0 Å². The average molecular weight is 529 g/mol. The second kappa shape index (κ2) is 7.68. The Morgan fingerprint density at radius 3 is 0.867 bits per heavy atom. The van der Waals surface area contributed by atoms with Gasteiger partial charge in [0.2, 0.25) is 16.6 Å². The van der Waals surface area contributed by atoms with Crippen molar-refractivity contribution in [3.63, 3.8) is 0 Å². The minimum Gasteiger partial charge on any atom is -0.339 e. The van der Waals surface area contributed by atoms with Crippen molar-refractivity contribution in [3.05, 3.63) is 0 Å². The van der Waals surface area contributed by atoms with Gasteiger partial charge in [0.25, 0.3) is 0 Å². The molecule has 0 spiro atoms. The molecule has 1 aliphatic rings. The first-order chi connectivity index (χ1) is 12.6. The quantitative estimate of drug-likeness (QED) is 0.293. The van der Waals surface area contributed by atoms with E-state index in [9.17, 15) is 8.42 Å². The Morgan fingerprint density at radius 2 is 0.733 bits per heavy atom. The topological polar surface area (TPSA) is 52.6 Å². The lowest BCUT2D eigenvalue weighted by Gasteiger charge is -2.52. The van der Waals surface area contributed by atoms with Gasteiger partial charge in [0.15, 0.2) is 0 Å². The number of hydrogen-bond donors (Lipinski definition) is 0. The highest BCUT2D eigenvalue weighted by atomic mass is 32.3. The van der Waals surface area contributed by atoms with Crippen molar-refractivity contribution in [3.8, 4) is 0 Å². The Labute approximate surface area is 192 Å². The van der Waals surface area contributed by atoms with E-state index in [1.54, 1.807) is 0 Å². The van der Waals surface area contributed by atoms with Gasteiger partial charge >= 0.3 is 0 Å². The van der Waals surface area contributed by atoms with Crippen LogP contribution in [0.3, 0.4) is 0 Å². The summed E-state index contributed by atoms with van der Waals surface area (Å²) in [4.78, 5) is 0. The summed E-state index contributed by atoms with van der Waals surface area (Å²) in [7, 11) is -15.1. The van der Waals surface area contributed by atoms with E-state index in [0.717, 1.165) is 0 Å². The van der Waals surface area contributed by atoms with E-state index in [1.165, 1.54) is 0 Å². The van der Waals surface area contributed by atoms with Crippen LogP contribution >= 0.6 is 0 Å². The Hall–Kier alpha value is 0.828. The molecule has 0 saturated carbocycles. The molecule has 0 aromatic carbocycles. The first-order valence-corrected chi connectivity index (χ1v) is 26.7. The van der Waals surface area contributed by atoms with Crippen LogP contribution in [0.2, 0.25) is 75.5 Å². The maximum atomic E-state index is 15.0. The summed E-state index contributed by atoms with van der Waals surface area (Å²) in [6.07, 6.45) is 0. The maximum absolute atomic E-state index is 15.0. The van der Waals surface area contributed by atoms with Crippen molar-refractivity contribution < 1.29 is 16.2 Å². The van der Waals surface area contributed by atoms with Crippen LogP contribution in [0.25, 0.3) is 0 Å². The van der Waals surface area contributed by atoms with Gasteiger partial charge in [-0.25, -0.2) is 8.42 Å². The van der Waals surface area contributed by atoms with Crippen molar-refractivity contribution in [1.82, 2.24) is 0 Å². The fraction of sp³-hybridized carbons (Fsp3) is 0.900.